The van der Waals surface area contributed by atoms with Crippen LogP contribution in [0.3, 0.4) is 0 Å². The van der Waals surface area contributed by atoms with Crippen molar-refractivity contribution >= 4 is 23.5 Å². The molecule has 0 aromatic rings. The maximum atomic E-state index is 12.2. The fraction of sp³-hybridized carbons (Fsp3) is 0.765. The third kappa shape index (κ3) is 9.19. The van der Waals surface area contributed by atoms with Gasteiger partial charge in [0.2, 0.25) is 17.7 Å². The number of Topliss-reactive ketones (excluding diaryl/α,β-unsaturated/α-hetero) is 1. The van der Waals surface area contributed by atoms with Crippen LogP contribution in [-0.4, -0.2) is 91.6 Å². The van der Waals surface area contributed by atoms with Crippen molar-refractivity contribution in [3.8, 4) is 0 Å². The third-order valence-electron chi connectivity index (χ3n) is 3.72. The summed E-state index contributed by atoms with van der Waals surface area (Å²) < 4.78 is 0. The average Bonchev–Trinajstić information content (AvgIpc) is 2.51. The van der Waals surface area contributed by atoms with Gasteiger partial charge in [-0.1, -0.05) is 27.7 Å². The van der Waals surface area contributed by atoms with Gasteiger partial charge >= 0.3 is 0 Å². The summed E-state index contributed by atoms with van der Waals surface area (Å²) in [5.74, 6) is -1.03. The maximum Gasteiger partial charge on any atom is 0.242 e. The second-order valence-corrected chi connectivity index (χ2v) is 6.91. The number of rotatable bonds is 10. The summed E-state index contributed by atoms with van der Waals surface area (Å²) in [5, 5.41) is 2.99. The molecule has 0 saturated heterocycles. The van der Waals surface area contributed by atoms with E-state index < -0.39 is 0 Å². The number of amides is 3. The number of nitrogens with zero attached hydrogens (tertiary/aromatic N) is 3. The molecule has 0 atom stereocenters. The molecule has 0 radical (unpaired) electrons. The lowest BCUT2D eigenvalue weighted by Crippen LogP contribution is -2.46. The van der Waals surface area contributed by atoms with Crippen LogP contribution in [0.2, 0.25) is 0 Å². The van der Waals surface area contributed by atoms with Crippen molar-refractivity contribution in [2.24, 2.45) is 5.92 Å². The van der Waals surface area contributed by atoms with Crippen LogP contribution in [0.25, 0.3) is 0 Å². The zero-order chi connectivity index (χ0) is 19.7. The average molecular weight is 356 g/mol. The summed E-state index contributed by atoms with van der Waals surface area (Å²) in [5.41, 5.74) is 0. The van der Waals surface area contributed by atoms with Gasteiger partial charge < -0.3 is 20.0 Å². The van der Waals surface area contributed by atoms with Gasteiger partial charge in [-0.05, 0) is 0 Å². The lowest BCUT2D eigenvalue weighted by atomic mass is 10.1. The van der Waals surface area contributed by atoms with Crippen molar-refractivity contribution in [1.82, 2.24) is 20.0 Å². The van der Waals surface area contributed by atoms with Crippen molar-refractivity contribution in [3.05, 3.63) is 0 Å². The second-order valence-electron chi connectivity index (χ2n) is 6.91. The Morgan fingerprint density at radius 1 is 0.720 bits per heavy atom. The third-order valence-corrected chi connectivity index (χ3v) is 3.72. The molecule has 0 unspecified atom stereocenters. The molecule has 144 valence electrons. The van der Waals surface area contributed by atoms with Gasteiger partial charge in [0, 0.05) is 33.1 Å². The summed E-state index contributed by atoms with van der Waals surface area (Å²) in [6.07, 6.45) is 0. The number of carbonyl (C=O) groups is 4. The molecule has 1 N–H and O–H groups in total. The molecule has 0 aromatic heterocycles. The number of nitrogens with one attached hydrogen (secondary N) is 1. The standard InChI is InChI=1S/C17H32N4O4/c1-12(2)14(22)9-19(5)16(24)11-21(7)17(25)10-20(6)15(23)8-18-13(3)4/h12-13,18H,8-11H2,1-7H3. The highest BCUT2D eigenvalue weighted by molar-refractivity contribution is 5.90. The van der Waals surface area contributed by atoms with E-state index in [9.17, 15) is 19.2 Å². The first-order chi connectivity index (χ1) is 11.5. The Balaban J connectivity index is 4.43. The van der Waals surface area contributed by atoms with Gasteiger partial charge in [-0.3, -0.25) is 19.2 Å². The predicted molar refractivity (Wildman–Crippen MR) is 95.9 cm³/mol. The first-order valence-corrected chi connectivity index (χ1v) is 8.43. The molecule has 0 rings (SSSR count). The zero-order valence-electron chi connectivity index (χ0n) is 16.5. The van der Waals surface area contributed by atoms with Crippen LogP contribution in [0.4, 0.5) is 0 Å². The molecule has 0 fully saturated rings. The Bertz CT molecular complexity index is 491. The first kappa shape index (κ1) is 23.0. The van der Waals surface area contributed by atoms with Crippen LogP contribution in [0.15, 0.2) is 0 Å². The van der Waals surface area contributed by atoms with Gasteiger partial charge in [0.05, 0.1) is 26.2 Å². The number of ketones is 1. The van der Waals surface area contributed by atoms with Crippen LogP contribution < -0.4 is 5.32 Å². The molecule has 3 amide bonds. The van der Waals surface area contributed by atoms with E-state index in [0.29, 0.717) is 0 Å². The van der Waals surface area contributed by atoms with E-state index in [2.05, 4.69) is 5.32 Å². The second kappa shape index (κ2) is 10.8. The van der Waals surface area contributed by atoms with Gasteiger partial charge in [-0.25, -0.2) is 0 Å². The Morgan fingerprint density at radius 3 is 1.52 bits per heavy atom. The molecule has 0 saturated carbocycles. The van der Waals surface area contributed by atoms with E-state index in [1.807, 2.05) is 13.8 Å². The van der Waals surface area contributed by atoms with Gasteiger partial charge in [-0.2, -0.15) is 0 Å². The SMILES string of the molecule is CC(C)NCC(=O)N(C)CC(=O)N(C)CC(=O)N(C)CC(=O)C(C)C. The number of hydrogen-bond acceptors (Lipinski definition) is 5. The fourth-order valence-electron chi connectivity index (χ4n) is 1.75. The molecule has 8 heteroatoms. The Kier molecular flexibility index (Phi) is 9.96. The molecular weight excluding hydrogens is 324 g/mol. The topological polar surface area (TPSA) is 90.0 Å². The smallest absolute Gasteiger partial charge is 0.242 e. The molecule has 0 aliphatic heterocycles. The minimum atomic E-state index is -0.336. The van der Waals surface area contributed by atoms with E-state index >= 15 is 0 Å². The highest BCUT2D eigenvalue weighted by atomic mass is 16.2. The van der Waals surface area contributed by atoms with Crippen molar-refractivity contribution in [1.29, 1.82) is 0 Å². The zero-order valence-corrected chi connectivity index (χ0v) is 16.5. The van der Waals surface area contributed by atoms with E-state index in [-0.39, 0.29) is 61.6 Å². The highest BCUT2D eigenvalue weighted by Gasteiger charge is 2.21. The van der Waals surface area contributed by atoms with E-state index in [1.165, 1.54) is 28.8 Å². The molecular formula is C17H32N4O4. The number of hydrogen-bond donors (Lipinski definition) is 1. The first-order valence-electron chi connectivity index (χ1n) is 8.43. The van der Waals surface area contributed by atoms with Crippen LogP contribution in [-0.2, 0) is 19.2 Å². The Hall–Kier alpha value is -1.96. The van der Waals surface area contributed by atoms with E-state index in [4.69, 9.17) is 0 Å². The summed E-state index contributed by atoms with van der Waals surface area (Å²) in [7, 11) is 4.59. The molecule has 25 heavy (non-hydrogen) atoms. The predicted octanol–water partition coefficient (Wildman–Crippen LogP) is -0.415. The molecule has 0 aromatic carbocycles. The summed E-state index contributed by atoms with van der Waals surface area (Å²) in [4.78, 5) is 51.7. The van der Waals surface area contributed by atoms with Crippen LogP contribution in [0.1, 0.15) is 27.7 Å². The fourth-order valence-corrected chi connectivity index (χ4v) is 1.75. The highest BCUT2D eigenvalue weighted by Crippen LogP contribution is 1.98. The van der Waals surface area contributed by atoms with Gasteiger partial charge in [0.25, 0.3) is 0 Å². The monoisotopic (exact) mass is 356 g/mol. The summed E-state index contributed by atoms with van der Waals surface area (Å²) in [6, 6.07) is 0.178. The van der Waals surface area contributed by atoms with Crippen LogP contribution in [0.5, 0.6) is 0 Å². The van der Waals surface area contributed by atoms with Crippen LogP contribution >= 0.6 is 0 Å². The van der Waals surface area contributed by atoms with Gasteiger partial charge in [0.15, 0.2) is 5.78 Å². The van der Waals surface area contributed by atoms with Gasteiger partial charge in [-0.15, -0.1) is 0 Å². The molecule has 0 bridgehead atoms. The summed E-state index contributed by atoms with van der Waals surface area (Å²) in [6.45, 7) is 7.36. The molecule has 0 aliphatic carbocycles. The van der Waals surface area contributed by atoms with Gasteiger partial charge in [0.1, 0.15) is 0 Å². The van der Waals surface area contributed by atoms with Crippen LogP contribution in [0, 0.1) is 5.92 Å². The largest absolute Gasteiger partial charge is 0.337 e. The molecule has 0 aliphatic rings. The normalized spacial score (nSPS) is 10.8. The van der Waals surface area contributed by atoms with Crippen molar-refractivity contribution in [2.45, 2.75) is 33.7 Å². The maximum absolute atomic E-state index is 12.2. The Labute approximate surface area is 150 Å². The van der Waals surface area contributed by atoms with E-state index in [0.717, 1.165) is 0 Å². The van der Waals surface area contributed by atoms with Crippen molar-refractivity contribution < 1.29 is 19.2 Å². The lowest BCUT2D eigenvalue weighted by molar-refractivity contribution is -0.142. The molecule has 0 heterocycles. The lowest BCUT2D eigenvalue weighted by Gasteiger charge is -2.24. The van der Waals surface area contributed by atoms with Crippen molar-refractivity contribution in [3.63, 3.8) is 0 Å². The Morgan fingerprint density at radius 2 is 1.12 bits per heavy atom. The summed E-state index contributed by atoms with van der Waals surface area (Å²) >= 11 is 0. The minimum absolute atomic E-state index is 0.0256. The number of likely N-dealkylation sites (N-methyl/N-ethyl adjacent to an activating group) is 3. The number of carbonyl (C=O) groups excluding carboxylic acids is 4. The van der Waals surface area contributed by atoms with E-state index in [1.54, 1.807) is 20.9 Å². The minimum Gasteiger partial charge on any atom is -0.337 e. The van der Waals surface area contributed by atoms with Crippen molar-refractivity contribution in [2.75, 3.05) is 47.3 Å². The quantitative estimate of drug-likeness (QED) is 0.574. The molecule has 8 nitrogen and oxygen atoms in total. The molecule has 0 spiro atoms.